The summed E-state index contributed by atoms with van der Waals surface area (Å²) in [5, 5.41) is 0. The lowest BCUT2D eigenvalue weighted by atomic mass is 9.96. The summed E-state index contributed by atoms with van der Waals surface area (Å²) >= 11 is 0. The van der Waals surface area contributed by atoms with Gasteiger partial charge in [0, 0.05) is 6.42 Å². The number of rotatable bonds is 6. The van der Waals surface area contributed by atoms with E-state index in [2.05, 4.69) is 6.92 Å². The minimum Gasteiger partial charge on any atom is -0.493 e. The van der Waals surface area contributed by atoms with Crippen molar-refractivity contribution in [1.29, 1.82) is 0 Å². The van der Waals surface area contributed by atoms with E-state index in [4.69, 9.17) is 4.74 Å². The van der Waals surface area contributed by atoms with Crippen LogP contribution in [0.4, 0.5) is 0 Å². The Morgan fingerprint density at radius 2 is 2.00 bits per heavy atom. The van der Waals surface area contributed by atoms with Crippen molar-refractivity contribution in [3.05, 3.63) is 29.8 Å². The molecule has 1 fully saturated rings. The molecule has 0 aromatic heterocycles. The lowest BCUT2D eigenvalue weighted by Gasteiger charge is -2.12. The highest BCUT2D eigenvalue weighted by molar-refractivity contribution is 5.98. The molecule has 1 aromatic carbocycles. The predicted molar refractivity (Wildman–Crippen MR) is 73.1 cm³/mol. The zero-order chi connectivity index (χ0) is 12.8. The third kappa shape index (κ3) is 3.34. The molecule has 1 aliphatic carbocycles. The first kappa shape index (κ1) is 13.1. The maximum atomic E-state index is 12.3. The van der Waals surface area contributed by atoms with Gasteiger partial charge in [0.15, 0.2) is 5.78 Å². The van der Waals surface area contributed by atoms with Crippen LogP contribution in [-0.4, -0.2) is 12.4 Å². The second-order valence-corrected chi connectivity index (χ2v) is 5.12. The summed E-state index contributed by atoms with van der Waals surface area (Å²) in [7, 11) is 0. The number of hydrogen-bond acceptors (Lipinski definition) is 2. The van der Waals surface area contributed by atoms with Gasteiger partial charge in [0.1, 0.15) is 5.75 Å². The van der Waals surface area contributed by atoms with E-state index >= 15 is 0 Å². The highest BCUT2D eigenvalue weighted by atomic mass is 16.5. The normalized spacial score (nSPS) is 15.8. The summed E-state index contributed by atoms with van der Waals surface area (Å²) < 4.78 is 5.65. The molecule has 0 bridgehead atoms. The minimum absolute atomic E-state index is 0.244. The number of ether oxygens (including phenoxy) is 1. The van der Waals surface area contributed by atoms with E-state index in [1.54, 1.807) is 0 Å². The smallest absolute Gasteiger partial charge is 0.166 e. The number of benzene rings is 1. The molecule has 18 heavy (non-hydrogen) atoms. The van der Waals surface area contributed by atoms with E-state index in [1.165, 1.54) is 25.7 Å². The molecule has 0 radical (unpaired) electrons. The first-order chi connectivity index (χ1) is 8.81. The van der Waals surface area contributed by atoms with Crippen molar-refractivity contribution in [2.24, 2.45) is 5.92 Å². The van der Waals surface area contributed by atoms with Crippen LogP contribution in [0.3, 0.4) is 0 Å². The molecule has 1 saturated carbocycles. The molecule has 0 heterocycles. The molecule has 0 saturated heterocycles. The molecule has 0 N–H and O–H groups in total. The average molecular weight is 246 g/mol. The molecule has 2 heteroatoms. The summed E-state index contributed by atoms with van der Waals surface area (Å²) in [5.41, 5.74) is 0.762. The standard InChI is InChI=1S/C16H22O2/c1-2-11-18-16-10-6-5-9-14(16)15(17)12-13-7-3-4-8-13/h5-6,9-10,13H,2-4,7-8,11-12H2,1H3. The topological polar surface area (TPSA) is 26.3 Å². The SMILES string of the molecule is CCCOc1ccccc1C(=O)CC1CCCC1. The van der Waals surface area contributed by atoms with Crippen LogP contribution in [-0.2, 0) is 0 Å². The molecule has 1 aliphatic rings. The van der Waals surface area contributed by atoms with Gasteiger partial charge in [0.2, 0.25) is 0 Å². The number of Topliss-reactive ketones (excluding diaryl/α,β-unsaturated/α-hetero) is 1. The van der Waals surface area contributed by atoms with Gasteiger partial charge in [0.25, 0.3) is 0 Å². The first-order valence-corrected chi connectivity index (χ1v) is 7.06. The quantitative estimate of drug-likeness (QED) is 0.702. The van der Waals surface area contributed by atoms with Gasteiger partial charge in [0.05, 0.1) is 12.2 Å². The van der Waals surface area contributed by atoms with Gasteiger partial charge in [-0.2, -0.15) is 0 Å². The van der Waals surface area contributed by atoms with E-state index in [0.717, 1.165) is 17.7 Å². The van der Waals surface area contributed by atoms with Gasteiger partial charge in [-0.15, -0.1) is 0 Å². The lowest BCUT2D eigenvalue weighted by molar-refractivity contribution is 0.0958. The fraction of sp³-hybridized carbons (Fsp3) is 0.562. The van der Waals surface area contributed by atoms with Gasteiger partial charge in [-0.1, -0.05) is 44.7 Å². The molecular weight excluding hydrogens is 224 g/mol. The van der Waals surface area contributed by atoms with Gasteiger partial charge in [-0.05, 0) is 24.5 Å². The van der Waals surface area contributed by atoms with Gasteiger partial charge in [-0.25, -0.2) is 0 Å². The first-order valence-electron chi connectivity index (χ1n) is 7.06. The van der Waals surface area contributed by atoms with Crippen LogP contribution in [0.25, 0.3) is 0 Å². The van der Waals surface area contributed by atoms with Crippen molar-refractivity contribution >= 4 is 5.78 Å². The molecule has 0 spiro atoms. The molecule has 2 rings (SSSR count). The lowest BCUT2D eigenvalue weighted by Crippen LogP contribution is -2.08. The molecule has 0 amide bonds. The highest BCUT2D eigenvalue weighted by Gasteiger charge is 2.21. The van der Waals surface area contributed by atoms with Gasteiger partial charge >= 0.3 is 0 Å². The van der Waals surface area contributed by atoms with E-state index in [9.17, 15) is 4.79 Å². The van der Waals surface area contributed by atoms with Crippen molar-refractivity contribution in [2.75, 3.05) is 6.61 Å². The van der Waals surface area contributed by atoms with Crippen LogP contribution in [0.5, 0.6) is 5.75 Å². The Hall–Kier alpha value is -1.31. The summed E-state index contributed by atoms with van der Waals surface area (Å²) in [4.78, 5) is 12.3. The van der Waals surface area contributed by atoms with Crippen LogP contribution in [0, 0.1) is 5.92 Å². The zero-order valence-electron chi connectivity index (χ0n) is 11.2. The fourth-order valence-corrected chi connectivity index (χ4v) is 2.62. The van der Waals surface area contributed by atoms with Crippen molar-refractivity contribution in [3.8, 4) is 5.75 Å². The predicted octanol–water partition coefficient (Wildman–Crippen LogP) is 4.24. The Bertz CT molecular complexity index is 392. The second-order valence-electron chi connectivity index (χ2n) is 5.12. The average Bonchev–Trinajstić information content (AvgIpc) is 2.89. The zero-order valence-corrected chi connectivity index (χ0v) is 11.2. The third-order valence-corrected chi connectivity index (χ3v) is 3.60. The minimum atomic E-state index is 0.244. The van der Waals surface area contributed by atoms with Crippen molar-refractivity contribution in [2.45, 2.75) is 45.4 Å². The number of carbonyl (C=O) groups excluding carboxylic acids is 1. The summed E-state index contributed by atoms with van der Waals surface area (Å²) in [6.45, 7) is 2.75. The Balaban J connectivity index is 2.03. The summed E-state index contributed by atoms with van der Waals surface area (Å²) in [6.07, 6.45) is 6.64. The Morgan fingerprint density at radius 1 is 1.28 bits per heavy atom. The van der Waals surface area contributed by atoms with E-state index in [-0.39, 0.29) is 5.78 Å². The molecule has 2 nitrogen and oxygen atoms in total. The Morgan fingerprint density at radius 3 is 2.72 bits per heavy atom. The third-order valence-electron chi connectivity index (χ3n) is 3.60. The highest BCUT2D eigenvalue weighted by Crippen LogP contribution is 2.30. The number of para-hydroxylation sites is 1. The monoisotopic (exact) mass is 246 g/mol. The van der Waals surface area contributed by atoms with E-state index in [0.29, 0.717) is 18.9 Å². The molecule has 1 aromatic rings. The fourth-order valence-electron chi connectivity index (χ4n) is 2.62. The molecule has 0 aliphatic heterocycles. The van der Waals surface area contributed by atoms with E-state index in [1.807, 2.05) is 24.3 Å². The Labute approximate surface area is 109 Å². The molecule has 0 unspecified atom stereocenters. The van der Waals surface area contributed by atoms with Crippen molar-refractivity contribution in [3.63, 3.8) is 0 Å². The molecule has 98 valence electrons. The van der Waals surface area contributed by atoms with Crippen LogP contribution < -0.4 is 4.74 Å². The molecule has 0 atom stereocenters. The van der Waals surface area contributed by atoms with Crippen molar-refractivity contribution < 1.29 is 9.53 Å². The second kappa shape index (κ2) is 6.58. The van der Waals surface area contributed by atoms with Crippen LogP contribution in [0.15, 0.2) is 24.3 Å². The van der Waals surface area contributed by atoms with Gasteiger partial charge in [-0.3, -0.25) is 4.79 Å². The van der Waals surface area contributed by atoms with Gasteiger partial charge < -0.3 is 4.74 Å². The largest absolute Gasteiger partial charge is 0.493 e. The maximum Gasteiger partial charge on any atom is 0.166 e. The van der Waals surface area contributed by atoms with Crippen LogP contribution in [0.2, 0.25) is 0 Å². The number of carbonyl (C=O) groups is 1. The maximum absolute atomic E-state index is 12.3. The Kier molecular flexibility index (Phi) is 4.80. The van der Waals surface area contributed by atoms with E-state index < -0.39 is 0 Å². The summed E-state index contributed by atoms with van der Waals surface area (Å²) in [5.74, 6) is 1.59. The van der Waals surface area contributed by atoms with Crippen molar-refractivity contribution in [1.82, 2.24) is 0 Å². The molecular formula is C16H22O2. The summed E-state index contributed by atoms with van der Waals surface area (Å²) in [6, 6.07) is 7.64. The van der Waals surface area contributed by atoms with Crippen LogP contribution >= 0.6 is 0 Å². The number of ketones is 1. The number of hydrogen-bond donors (Lipinski definition) is 0. The van der Waals surface area contributed by atoms with Crippen LogP contribution in [0.1, 0.15) is 55.8 Å².